The summed E-state index contributed by atoms with van der Waals surface area (Å²) in [6.07, 6.45) is 1.96. The van der Waals surface area contributed by atoms with Crippen LogP contribution in [-0.4, -0.2) is 49.4 Å². The molecule has 2 aromatic rings. The van der Waals surface area contributed by atoms with E-state index in [4.69, 9.17) is 14.2 Å². The van der Waals surface area contributed by atoms with Crippen molar-refractivity contribution in [3.63, 3.8) is 0 Å². The molecular weight excluding hydrogens is 434 g/mol. The lowest BCUT2D eigenvalue weighted by atomic mass is 9.78. The maximum Gasteiger partial charge on any atom is 0.341 e. The van der Waals surface area contributed by atoms with Gasteiger partial charge in [0.05, 0.1) is 38.3 Å². The van der Waals surface area contributed by atoms with Gasteiger partial charge in [-0.15, -0.1) is 11.3 Å². The first-order valence-electron chi connectivity index (χ1n) is 10.5. The molecule has 2 fully saturated rings. The maximum absolute atomic E-state index is 13.2. The van der Waals surface area contributed by atoms with Crippen molar-refractivity contribution in [2.75, 3.05) is 19.5 Å². The van der Waals surface area contributed by atoms with Crippen LogP contribution in [0.15, 0.2) is 18.2 Å². The highest BCUT2D eigenvalue weighted by atomic mass is 32.1. The number of esters is 1. The molecule has 1 aromatic carbocycles. The van der Waals surface area contributed by atoms with Crippen molar-refractivity contribution >= 4 is 34.2 Å². The number of anilines is 1. The summed E-state index contributed by atoms with van der Waals surface area (Å²) in [6.45, 7) is 0. The second-order valence-electron chi connectivity index (χ2n) is 8.29. The van der Waals surface area contributed by atoms with Crippen LogP contribution < -0.4 is 10.1 Å². The minimum Gasteiger partial charge on any atom is -0.497 e. The van der Waals surface area contributed by atoms with Gasteiger partial charge in [-0.05, 0) is 48.9 Å². The normalized spacial score (nSPS) is 25.1. The van der Waals surface area contributed by atoms with E-state index in [-0.39, 0.29) is 0 Å². The van der Waals surface area contributed by atoms with Gasteiger partial charge in [-0.3, -0.25) is 9.59 Å². The zero-order valence-corrected chi connectivity index (χ0v) is 18.5. The Morgan fingerprint density at radius 1 is 1.12 bits per heavy atom. The fourth-order valence-electron chi connectivity index (χ4n) is 5.24. The van der Waals surface area contributed by atoms with Crippen LogP contribution in [0.3, 0.4) is 0 Å². The van der Waals surface area contributed by atoms with Gasteiger partial charge in [0.15, 0.2) is 0 Å². The number of benzene rings is 1. The number of carbonyl (C=O) groups is 3. The third-order valence-electron chi connectivity index (χ3n) is 6.67. The van der Waals surface area contributed by atoms with Crippen LogP contribution in [-0.2, 0) is 31.9 Å². The van der Waals surface area contributed by atoms with Crippen molar-refractivity contribution in [1.82, 2.24) is 0 Å². The van der Waals surface area contributed by atoms with Crippen LogP contribution in [0, 0.1) is 11.8 Å². The molecule has 3 heterocycles. The summed E-state index contributed by atoms with van der Waals surface area (Å²) in [6, 6.07) is 5.72. The molecule has 2 bridgehead atoms. The number of amides is 1. The highest BCUT2D eigenvalue weighted by Gasteiger charge is 2.55. The molecule has 1 aliphatic carbocycles. The van der Waals surface area contributed by atoms with Crippen molar-refractivity contribution < 1.29 is 33.7 Å². The summed E-state index contributed by atoms with van der Waals surface area (Å²) in [5.74, 6) is -2.92. The molecule has 2 N–H and O–H groups in total. The fraction of sp³-hybridized carbons (Fsp3) is 0.435. The van der Waals surface area contributed by atoms with E-state index < -0.39 is 41.9 Å². The van der Waals surface area contributed by atoms with Crippen molar-refractivity contribution in [3.8, 4) is 16.9 Å². The first-order chi connectivity index (χ1) is 15.4. The maximum atomic E-state index is 13.2. The van der Waals surface area contributed by atoms with E-state index in [0.29, 0.717) is 23.4 Å². The van der Waals surface area contributed by atoms with Crippen LogP contribution in [0.4, 0.5) is 5.00 Å². The Balaban J connectivity index is 1.53. The van der Waals surface area contributed by atoms with Gasteiger partial charge >= 0.3 is 11.9 Å². The highest BCUT2D eigenvalue weighted by molar-refractivity contribution is 7.17. The molecule has 32 heavy (non-hydrogen) atoms. The van der Waals surface area contributed by atoms with E-state index in [1.54, 1.807) is 7.11 Å². The largest absolute Gasteiger partial charge is 0.497 e. The zero-order chi connectivity index (χ0) is 22.6. The van der Waals surface area contributed by atoms with Crippen LogP contribution in [0.1, 0.15) is 33.6 Å². The molecule has 8 nitrogen and oxygen atoms in total. The van der Waals surface area contributed by atoms with E-state index in [2.05, 4.69) is 5.32 Å². The number of carboxylic acids is 1. The van der Waals surface area contributed by atoms with Gasteiger partial charge in [0.2, 0.25) is 5.91 Å². The molecule has 0 saturated carbocycles. The number of aliphatic carboxylic acids is 1. The number of hydrogen-bond acceptors (Lipinski definition) is 7. The predicted molar refractivity (Wildman–Crippen MR) is 116 cm³/mol. The van der Waals surface area contributed by atoms with E-state index in [0.717, 1.165) is 40.2 Å². The molecule has 168 valence electrons. The van der Waals surface area contributed by atoms with Crippen LogP contribution >= 0.6 is 11.3 Å². The number of carbonyl (C=O) groups excluding carboxylic acids is 2. The first kappa shape index (κ1) is 21.0. The summed E-state index contributed by atoms with van der Waals surface area (Å²) in [7, 11) is 2.91. The van der Waals surface area contributed by atoms with Gasteiger partial charge < -0.3 is 24.6 Å². The SMILES string of the molecule is COC(=O)c1c(NC(=O)[C@@H]2[C@@H](C(=O)O)[C@H]3CC[C@@H]2O3)sc2c1-c1ccc(OC)cc1CC2. The molecule has 2 aliphatic heterocycles. The van der Waals surface area contributed by atoms with Crippen molar-refractivity contribution in [3.05, 3.63) is 34.2 Å². The molecule has 2 saturated heterocycles. The summed E-state index contributed by atoms with van der Waals surface area (Å²) < 4.78 is 16.1. The average Bonchev–Trinajstić information content (AvgIpc) is 3.50. The third-order valence-corrected chi connectivity index (χ3v) is 7.84. The number of thiophene rings is 1. The fourth-order valence-corrected chi connectivity index (χ4v) is 6.44. The minimum atomic E-state index is -1.03. The highest BCUT2D eigenvalue weighted by Crippen LogP contribution is 2.48. The molecule has 0 unspecified atom stereocenters. The summed E-state index contributed by atoms with van der Waals surface area (Å²) in [4.78, 5) is 38.8. The molecule has 5 rings (SSSR count). The van der Waals surface area contributed by atoms with E-state index >= 15 is 0 Å². The van der Waals surface area contributed by atoms with E-state index in [9.17, 15) is 19.5 Å². The Labute approximate surface area is 188 Å². The minimum absolute atomic E-state index is 0.308. The monoisotopic (exact) mass is 457 g/mol. The van der Waals surface area contributed by atoms with Crippen LogP contribution in [0.2, 0.25) is 0 Å². The van der Waals surface area contributed by atoms with E-state index in [1.165, 1.54) is 18.4 Å². The molecule has 1 amide bonds. The molecular formula is C23H23NO7S. The predicted octanol–water partition coefficient (Wildman–Crippen LogP) is 3.13. The zero-order valence-electron chi connectivity index (χ0n) is 17.7. The Morgan fingerprint density at radius 3 is 2.56 bits per heavy atom. The number of fused-ring (bicyclic) bond motifs is 5. The number of hydrogen-bond donors (Lipinski definition) is 2. The van der Waals surface area contributed by atoms with Crippen molar-refractivity contribution in [2.45, 2.75) is 37.9 Å². The van der Waals surface area contributed by atoms with Crippen molar-refractivity contribution in [1.29, 1.82) is 0 Å². The summed E-state index contributed by atoms with van der Waals surface area (Å²) >= 11 is 1.34. The topological polar surface area (TPSA) is 111 Å². The van der Waals surface area contributed by atoms with Crippen molar-refractivity contribution in [2.24, 2.45) is 11.8 Å². The van der Waals surface area contributed by atoms with Crippen LogP contribution in [0.25, 0.3) is 11.1 Å². The molecule has 0 radical (unpaired) electrons. The third kappa shape index (κ3) is 3.18. The summed E-state index contributed by atoms with van der Waals surface area (Å²) in [5.41, 5.74) is 3.05. The standard InChI is InChI=1S/C23H23NO7S/c1-29-11-4-5-12-10(9-11)3-8-15-16(12)19(23(28)30-2)21(32-15)24-20(25)17-13-6-7-14(31-13)18(17)22(26)27/h4-5,9,13-14,17-18H,3,6-8H2,1-2H3,(H,24,25)(H,26,27)/t13-,14+,17-,18-/m0/s1. The smallest absolute Gasteiger partial charge is 0.341 e. The number of carboxylic acid groups (broad SMARTS) is 1. The Morgan fingerprint density at radius 2 is 1.88 bits per heavy atom. The molecule has 0 spiro atoms. The van der Waals surface area contributed by atoms with Gasteiger partial charge in [-0.2, -0.15) is 0 Å². The molecule has 3 aliphatic rings. The quantitative estimate of drug-likeness (QED) is 0.664. The van der Waals surface area contributed by atoms with Gasteiger partial charge in [-0.1, -0.05) is 6.07 Å². The number of ether oxygens (including phenoxy) is 3. The number of rotatable bonds is 5. The lowest BCUT2D eigenvalue weighted by Crippen LogP contribution is -2.41. The lowest BCUT2D eigenvalue weighted by molar-refractivity contribution is -0.147. The van der Waals surface area contributed by atoms with E-state index in [1.807, 2.05) is 18.2 Å². The Bertz CT molecular complexity index is 1120. The Kier molecular flexibility index (Phi) is 5.17. The second-order valence-corrected chi connectivity index (χ2v) is 9.39. The number of aryl methyl sites for hydroxylation is 2. The van der Waals surface area contributed by atoms with Gasteiger partial charge in [0, 0.05) is 10.4 Å². The molecule has 4 atom stereocenters. The lowest BCUT2D eigenvalue weighted by Gasteiger charge is -2.23. The number of nitrogens with one attached hydrogen (secondary N) is 1. The summed E-state index contributed by atoms with van der Waals surface area (Å²) in [5, 5.41) is 12.9. The van der Waals surface area contributed by atoms with Gasteiger partial charge in [-0.25, -0.2) is 4.79 Å². The average molecular weight is 458 g/mol. The molecule has 1 aromatic heterocycles. The van der Waals surface area contributed by atoms with Crippen LogP contribution in [0.5, 0.6) is 5.75 Å². The first-order valence-corrected chi connectivity index (χ1v) is 11.3. The number of methoxy groups -OCH3 is 2. The molecule has 9 heteroatoms. The Hall–Kier alpha value is -2.91. The second kappa shape index (κ2) is 7.90. The van der Waals surface area contributed by atoms with Gasteiger partial charge in [0.25, 0.3) is 0 Å². The van der Waals surface area contributed by atoms with Gasteiger partial charge in [0.1, 0.15) is 16.3 Å².